The van der Waals surface area contributed by atoms with Gasteiger partial charge in [0.25, 0.3) is 5.91 Å². The van der Waals surface area contributed by atoms with Crippen molar-refractivity contribution < 1.29 is 14.0 Å². The predicted molar refractivity (Wildman–Crippen MR) is 137 cm³/mol. The fourth-order valence-electron chi connectivity index (χ4n) is 5.31. The average Bonchev–Trinajstić information content (AvgIpc) is 3.58. The van der Waals surface area contributed by atoms with Gasteiger partial charge in [0, 0.05) is 42.7 Å². The van der Waals surface area contributed by atoms with Crippen LogP contribution in [0.3, 0.4) is 0 Å². The van der Waals surface area contributed by atoms with Crippen LogP contribution in [0.5, 0.6) is 0 Å². The minimum absolute atomic E-state index is 0.133. The summed E-state index contributed by atoms with van der Waals surface area (Å²) in [6.07, 6.45) is 4.56. The van der Waals surface area contributed by atoms with Crippen molar-refractivity contribution in [1.82, 2.24) is 14.8 Å². The van der Waals surface area contributed by atoms with Gasteiger partial charge < -0.3 is 4.90 Å². The molecule has 2 aliphatic heterocycles. The quantitative estimate of drug-likeness (QED) is 0.529. The van der Waals surface area contributed by atoms with Crippen LogP contribution >= 0.6 is 0 Å². The molecule has 3 aliphatic rings. The highest BCUT2D eigenvalue weighted by Gasteiger charge is 2.44. The van der Waals surface area contributed by atoms with Crippen LogP contribution in [0.4, 0.5) is 4.39 Å². The molecule has 1 saturated carbocycles. The summed E-state index contributed by atoms with van der Waals surface area (Å²) in [7, 11) is 0. The number of hydrogen-bond acceptors (Lipinski definition) is 4. The number of aromatic nitrogens is 1. The normalized spacial score (nSPS) is 21.4. The molecule has 1 aliphatic carbocycles. The number of amidine groups is 1. The number of halogens is 1. The van der Waals surface area contributed by atoms with Crippen molar-refractivity contribution in [3.05, 3.63) is 66.1 Å². The van der Waals surface area contributed by atoms with Crippen molar-refractivity contribution in [1.29, 1.82) is 0 Å². The molecule has 3 aromatic rings. The maximum absolute atomic E-state index is 15.5. The summed E-state index contributed by atoms with van der Waals surface area (Å²) >= 11 is 0. The lowest BCUT2D eigenvalue weighted by molar-refractivity contribution is -0.131. The maximum Gasteiger partial charge on any atom is 0.255 e. The highest BCUT2D eigenvalue weighted by Crippen LogP contribution is 2.34. The number of likely N-dealkylation sites (tertiary alicyclic amines) is 1. The van der Waals surface area contributed by atoms with Crippen LogP contribution in [0, 0.1) is 17.7 Å². The Balaban J connectivity index is 1.26. The van der Waals surface area contributed by atoms with Gasteiger partial charge in [-0.25, -0.2) is 4.39 Å². The first-order chi connectivity index (χ1) is 17.3. The van der Waals surface area contributed by atoms with Crippen LogP contribution in [0.25, 0.3) is 22.0 Å². The SMILES string of the molecule is CC1(C)N=C(c2ccc(-c3cnc4ccccc4c3)cc2F)N(C[C@@H]2CCN(C(=O)C3CC3)C2)C1=O. The van der Waals surface area contributed by atoms with Crippen LogP contribution in [0.1, 0.15) is 38.7 Å². The Morgan fingerprint density at radius 3 is 2.67 bits per heavy atom. The van der Waals surface area contributed by atoms with E-state index in [1.54, 1.807) is 31.0 Å². The maximum atomic E-state index is 15.5. The molecule has 0 spiro atoms. The third kappa shape index (κ3) is 4.06. The zero-order valence-corrected chi connectivity index (χ0v) is 20.6. The summed E-state index contributed by atoms with van der Waals surface area (Å²) in [5, 5.41) is 0.990. The van der Waals surface area contributed by atoms with Crippen LogP contribution in [0.2, 0.25) is 0 Å². The van der Waals surface area contributed by atoms with E-state index in [1.807, 2.05) is 41.3 Å². The second-order valence-electron chi connectivity index (χ2n) is 10.7. The first-order valence-electron chi connectivity index (χ1n) is 12.7. The molecule has 184 valence electrons. The van der Waals surface area contributed by atoms with Gasteiger partial charge in [0.2, 0.25) is 5.91 Å². The predicted octanol–water partition coefficient (Wildman–Crippen LogP) is 4.67. The number of rotatable bonds is 5. The Hall–Kier alpha value is -3.61. The molecule has 6 rings (SSSR count). The minimum Gasteiger partial charge on any atom is -0.342 e. The highest BCUT2D eigenvalue weighted by atomic mass is 19.1. The average molecular weight is 485 g/mol. The minimum atomic E-state index is -0.954. The van der Waals surface area contributed by atoms with Gasteiger partial charge in [-0.2, -0.15) is 0 Å². The monoisotopic (exact) mass is 484 g/mol. The van der Waals surface area contributed by atoms with Crippen molar-refractivity contribution in [3.63, 3.8) is 0 Å². The molecular weight excluding hydrogens is 455 g/mol. The molecule has 3 heterocycles. The van der Waals surface area contributed by atoms with Gasteiger partial charge in [0.05, 0.1) is 11.1 Å². The van der Waals surface area contributed by atoms with E-state index in [0.29, 0.717) is 24.5 Å². The first kappa shape index (κ1) is 22.8. The zero-order chi connectivity index (χ0) is 25.0. The summed E-state index contributed by atoms with van der Waals surface area (Å²) in [6.45, 7) is 5.33. The van der Waals surface area contributed by atoms with E-state index in [1.165, 1.54) is 6.07 Å². The Labute approximate surface area is 209 Å². The number of pyridine rings is 1. The van der Waals surface area contributed by atoms with Crippen molar-refractivity contribution in [2.75, 3.05) is 19.6 Å². The lowest BCUT2D eigenvalue weighted by atomic mass is 10.0. The van der Waals surface area contributed by atoms with E-state index < -0.39 is 11.4 Å². The lowest BCUT2D eigenvalue weighted by Gasteiger charge is -2.25. The zero-order valence-electron chi connectivity index (χ0n) is 20.6. The summed E-state index contributed by atoms with van der Waals surface area (Å²) in [5.74, 6) is 0.404. The topological polar surface area (TPSA) is 65.9 Å². The third-order valence-corrected chi connectivity index (χ3v) is 7.51. The molecule has 6 nitrogen and oxygen atoms in total. The van der Waals surface area contributed by atoms with E-state index in [9.17, 15) is 9.59 Å². The summed E-state index contributed by atoms with van der Waals surface area (Å²) < 4.78 is 15.5. The largest absolute Gasteiger partial charge is 0.342 e. The highest BCUT2D eigenvalue weighted by molar-refractivity contribution is 6.15. The van der Waals surface area contributed by atoms with Crippen molar-refractivity contribution in [2.45, 2.75) is 38.6 Å². The molecule has 0 radical (unpaired) electrons. The molecule has 36 heavy (non-hydrogen) atoms. The summed E-state index contributed by atoms with van der Waals surface area (Å²) in [4.78, 5) is 38.4. The molecule has 0 unspecified atom stereocenters. The summed E-state index contributed by atoms with van der Waals surface area (Å²) in [6, 6.07) is 14.9. The number of benzene rings is 2. The third-order valence-electron chi connectivity index (χ3n) is 7.51. The number of carbonyl (C=O) groups excluding carboxylic acids is 2. The smallest absolute Gasteiger partial charge is 0.255 e. The van der Waals surface area contributed by atoms with E-state index in [-0.39, 0.29) is 23.7 Å². The number of hydrogen-bond donors (Lipinski definition) is 0. The standard InChI is InChI=1S/C29H29FN4O2/c1-29(2)28(36)34(17-18-11-12-33(16-18)27(35)19-7-8-19)26(32-29)23-10-9-20(14-24(23)30)22-13-21-5-3-4-6-25(21)31-15-22/h3-6,9-10,13-15,18-19H,7-8,11-12,16-17H2,1-2H3/t18-/m1/s1. The van der Waals surface area contributed by atoms with Gasteiger partial charge in [-0.15, -0.1) is 0 Å². The number of aliphatic imine (C=N–C) groups is 1. The van der Waals surface area contributed by atoms with Gasteiger partial charge >= 0.3 is 0 Å². The van der Waals surface area contributed by atoms with E-state index >= 15 is 4.39 Å². The van der Waals surface area contributed by atoms with Gasteiger partial charge in [-0.1, -0.05) is 24.3 Å². The van der Waals surface area contributed by atoms with Crippen molar-refractivity contribution in [3.8, 4) is 11.1 Å². The van der Waals surface area contributed by atoms with Gasteiger partial charge in [0.1, 0.15) is 17.2 Å². The van der Waals surface area contributed by atoms with Crippen LogP contribution < -0.4 is 0 Å². The van der Waals surface area contributed by atoms with Crippen molar-refractivity contribution >= 4 is 28.6 Å². The second kappa shape index (κ2) is 8.50. The molecule has 0 N–H and O–H groups in total. The van der Waals surface area contributed by atoms with Gasteiger partial charge in [-0.05, 0) is 68.9 Å². The second-order valence-corrected chi connectivity index (χ2v) is 10.7. The Morgan fingerprint density at radius 2 is 1.89 bits per heavy atom. The Kier molecular flexibility index (Phi) is 5.39. The van der Waals surface area contributed by atoms with E-state index in [0.717, 1.165) is 47.8 Å². The summed E-state index contributed by atoms with van der Waals surface area (Å²) in [5.41, 5.74) is 1.79. The van der Waals surface area contributed by atoms with Gasteiger partial charge in [-0.3, -0.25) is 24.5 Å². The molecule has 0 bridgehead atoms. The Morgan fingerprint density at radius 1 is 1.08 bits per heavy atom. The number of carbonyl (C=O) groups is 2. The van der Waals surface area contributed by atoms with Gasteiger partial charge in [0.15, 0.2) is 0 Å². The van der Waals surface area contributed by atoms with Crippen LogP contribution in [0.15, 0.2) is 59.7 Å². The number of fused-ring (bicyclic) bond motifs is 1. The van der Waals surface area contributed by atoms with Crippen molar-refractivity contribution in [2.24, 2.45) is 16.8 Å². The molecule has 1 saturated heterocycles. The molecule has 2 aromatic carbocycles. The molecule has 7 heteroatoms. The Bertz CT molecular complexity index is 1410. The number of para-hydroxylation sites is 1. The number of nitrogens with zero attached hydrogens (tertiary/aromatic N) is 4. The molecular formula is C29H29FN4O2. The number of amides is 2. The van der Waals surface area contributed by atoms with Crippen LogP contribution in [-0.2, 0) is 9.59 Å². The fourth-order valence-corrected chi connectivity index (χ4v) is 5.31. The lowest BCUT2D eigenvalue weighted by Crippen LogP contribution is -2.43. The molecule has 1 aromatic heterocycles. The first-order valence-corrected chi connectivity index (χ1v) is 12.7. The van der Waals surface area contributed by atoms with E-state index in [2.05, 4.69) is 9.98 Å². The molecule has 2 amide bonds. The van der Waals surface area contributed by atoms with E-state index in [4.69, 9.17) is 0 Å². The molecule has 2 fully saturated rings. The molecule has 1 atom stereocenters. The fraction of sp³-hybridized carbons (Fsp3) is 0.379. The van der Waals surface area contributed by atoms with Crippen LogP contribution in [-0.4, -0.2) is 57.6 Å².